The summed E-state index contributed by atoms with van der Waals surface area (Å²) in [4.78, 5) is 17.2. The lowest BCUT2D eigenvalue weighted by molar-refractivity contribution is -0.146. The molecule has 2 aromatic carbocycles. The molecule has 0 radical (unpaired) electrons. The minimum absolute atomic E-state index is 0.0153. The van der Waals surface area contributed by atoms with Crippen LogP contribution in [0, 0.1) is 0 Å². The maximum atomic E-state index is 13.0. The Bertz CT molecular complexity index is 829. The van der Waals surface area contributed by atoms with Gasteiger partial charge in [-0.15, -0.1) is 0 Å². The van der Waals surface area contributed by atoms with Gasteiger partial charge in [0, 0.05) is 32.7 Å². The average molecular weight is 378 g/mol. The van der Waals surface area contributed by atoms with E-state index >= 15 is 0 Å². The quantitative estimate of drug-likeness (QED) is 0.820. The van der Waals surface area contributed by atoms with E-state index in [1.54, 1.807) is 0 Å². The number of hydrogen-bond donors (Lipinski definition) is 0. The summed E-state index contributed by atoms with van der Waals surface area (Å²) in [5, 5.41) is 0. The van der Waals surface area contributed by atoms with Crippen LogP contribution >= 0.6 is 0 Å². The standard InChI is InChI=1S/C23H26N2O3/c1-18-22(28-21-12-6-5-11-20(21)27-18)23(26)25-16-14-24(15-17-25)13-7-10-19-8-3-2-4-9-19/h2-12,18,22H,13-17H2,1H3/b10-7+. The maximum Gasteiger partial charge on any atom is 0.267 e. The molecule has 4 rings (SSSR count). The molecule has 2 aliphatic rings. The van der Waals surface area contributed by atoms with E-state index in [0.29, 0.717) is 24.6 Å². The topological polar surface area (TPSA) is 42.0 Å². The van der Waals surface area contributed by atoms with E-state index in [2.05, 4.69) is 29.2 Å². The number of rotatable bonds is 4. The molecule has 2 atom stereocenters. The summed E-state index contributed by atoms with van der Waals surface area (Å²) >= 11 is 0. The second-order valence-electron chi connectivity index (χ2n) is 7.25. The molecular formula is C23H26N2O3. The SMILES string of the molecule is CC1Oc2ccccc2OC1C(=O)N1CCN(C/C=C/c2ccccc2)CC1. The lowest BCUT2D eigenvalue weighted by Crippen LogP contribution is -2.56. The van der Waals surface area contributed by atoms with Crippen molar-refractivity contribution < 1.29 is 14.3 Å². The van der Waals surface area contributed by atoms with E-state index in [0.717, 1.165) is 19.6 Å². The van der Waals surface area contributed by atoms with Gasteiger partial charge in [0.1, 0.15) is 6.10 Å². The van der Waals surface area contributed by atoms with Crippen molar-refractivity contribution in [2.75, 3.05) is 32.7 Å². The number of hydrogen-bond acceptors (Lipinski definition) is 4. The molecule has 0 aromatic heterocycles. The van der Waals surface area contributed by atoms with Crippen LogP contribution in [0.15, 0.2) is 60.7 Å². The Morgan fingerprint density at radius 1 is 0.964 bits per heavy atom. The second-order valence-corrected chi connectivity index (χ2v) is 7.25. The zero-order chi connectivity index (χ0) is 19.3. The zero-order valence-corrected chi connectivity index (χ0v) is 16.2. The van der Waals surface area contributed by atoms with Gasteiger partial charge in [-0.25, -0.2) is 0 Å². The molecule has 1 amide bonds. The van der Waals surface area contributed by atoms with E-state index in [-0.39, 0.29) is 12.0 Å². The van der Waals surface area contributed by atoms with Crippen molar-refractivity contribution in [2.24, 2.45) is 0 Å². The van der Waals surface area contributed by atoms with Crippen LogP contribution in [0.2, 0.25) is 0 Å². The van der Waals surface area contributed by atoms with Crippen LogP contribution in [0.3, 0.4) is 0 Å². The molecule has 2 aromatic rings. The first-order valence-corrected chi connectivity index (χ1v) is 9.86. The van der Waals surface area contributed by atoms with Crippen molar-refractivity contribution >= 4 is 12.0 Å². The van der Waals surface area contributed by atoms with Crippen LogP contribution < -0.4 is 9.47 Å². The van der Waals surface area contributed by atoms with Gasteiger partial charge in [-0.3, -0.25) is 9.69 Å². The summed E-state index contributed by atoms with van der Waals surface area (Å²) in [6.45, 7) is 5.94. The molecule has 0 aliphatic carbocycles. The smallest absolute Gasteiger partial charge is 0.267 e. The van der Waals surface area contributed by atoms with Crippen LogP contribution in [0.25, 0.3) is 6.08 Å². The van der Waals surface area contributed by atoms with Gasteiger partial charge in [0.15, 0.2) is 11.5 Å². The fourth-order valence-electron chi connectivity index (χ4n) is 3.62. The molecular weight excluding hydrogens is 352 g/mol. The summed E-state index contributed by atoms with van der Waals surface area (Å²) in [5.74, 6) is 1.36. The van der Waals surface area contributed by atoms with E-state index in [1.807, 2.05) is 54.3 Å². The summed E-state index contributed by atoms with van der Waals surface area (Å²) in [6.07, 6.45) is 3.45. The van der Waals surface area contributed by atoms with Crippen molar-refractivity contribution in [3.63, 3.8) is 0 Å². The summed E-state index contributed by atoms with van der Waals surface area (Å²) in [5.41, 5.74) is 1.21. The van der Waals surface area contributed by atoms with Crippen molar-refractivity contribution in [2.45, 2.75) is 19.1 Å². The van der Waals surface area contributed by atoms with Gasteiger partial charge in [-0.2, -0.15) is 0 Å². The Labute approximate surface area is 166 Å². The number of nitrogens with zero attached hydrogens (tertiary/aromatic N) is 2. The lowest BCUT2D eigenvalue weighted by atomic mass is 10.1. The number of benzene rings is 2. The van der Waals surface area contributed by atoms with E-state index in [4.69, 9.17) is 9.47 Å². The lowest BCUT2D eigenvalue weighted by Gasteiger charge is -2.38. The number of para-hydroxylation sites is 2. The number of amides is 1. The van der Waals surface area contributed by atoms with Gasteiger partial charge in [0.25, 0.3) is 5.91 Å². The molecule has 5 nitrogen and oxygen atoms in total. The fourth-order valence-corrected chi connectivity index (χ4v) is 3.62. The van der Waals surface area contributed by atoms with E-state index in [9.17, 15) is 4.79 Å². The molecule has 0 saturated carbocycles. The third-order valence-corrected chi connectivity index (χ3v) is 5.24. The van der Waals surface area contributed by atoms with Crippen LogP contribution in [-0.2, 0) is 4.79 Å². The molecule has 1 saturated heterocycles. The summed E-state index contributed by atoms with van der Waals surface area (Å²) < 4.78 is 11.8. The molecule has 1 fully saturated rings. The third kappa shape index (κ3) is 4.20. The zero-order valence-electron chi connectivity index (χ0n) is 16.2. The van der Waals surface area contributed by atoms with Crippen LogP contribution in [0.5, 0.6) is 11.5 Å². The monoisotopic (exact) mass is 378 g/mol. The fraction of sp³-hybridized carbons (Fsp3) is 0.348. The number of ether oxygens (including phenoxy) is 2. The average Bonchev–Trinajstić information content (AvgIpc) is 2.74. The highest BCUT2D eigenvalue weighted by Gasteiger charge is 2.37. The van der Waals surface area contributed by atoms with Gasteiger partial charge in [-0.1, -0.05) is 54.6 Å². The number of piperazine rings is 1. The van der Waals surface area contributed by atoms with E-state index < -0.39 is 6.10 Å². The normalized spacial score (nSPS) is 22.4. The Balaban J connectivity index is 1.29. The first-order valence-electron chi connectivity index (χ1n) is 9.86. The van der Waals surface area contributed by atoms with Crippen molar-refractivity contribution in [1.29, 1.82) is 0 Å². The summed E-state index contributed by atoms with van der Waals surface area (Å²) in [7, 11) is 0. The van der Waals surface area contributed by atoms with Crippen molar-refractivity contribution in [3.8, 4) is 11.5 Å². The summed E-state index contributed by atoms with van der Waals surface area (Å²) in [6, 6.07) is 17.8. The molecule has 2 unspecified atom stereocenters. The molecule has 2 aliphatic heterocycles. The highest BCUT2D eigenvalue weighted by atomic mass is 16.6. The maximum absolute atomic E-state index is 13.0. The molecule has 0 N–H and O–H groups in total. The Hall–Kier alpha value is -2.79. The number of carbonyl (C=O) groups excluding carboxylic acids is 1. The first-order chi connectivity index (χ1) is 13.7. The molecule has 146 valence electrons. The van der Waals surface area contributed by atoms with Crippen LogP contribution in [0.1, 0.15) is 12.5 Å². The first kappa shape index (κ1) is 18.6. The molecule has 0 spiro atoms. The van der Waals surface area contributed by atoms with Crippen LogP contribution in [-0.4, -0.2) is 60.6 Å². The predicted molar refractivity (Wildman–Crippen MR) is 109 cm³/mol. The Morgan fingerprint density at radius 3 is 2.32 bits per heavy atom. The Kier molecular flexibility index (Phi) is 5.63. The van der Waals surface area contributed by atoms with Gasteiger partial charge in [-0.05, 0) is 24.6 Å². The van der Waals surface area contributed by atoms with Gasteiger partial charge < -0.3 is 14.4 Å². The predicted octanol–water partition coefficient (Wildman–Crippen LogP) is 3.07. The Morgan fingerprint density at radius 2 is 1.61 bits per heavy atom. The highest BCUT2D eigenvalue weighted by Crippen LogP contribution is 2.34. The minimum Gasteiger partial charge on any atom is -0.482 e. The minimum atomic E-state index is -0.584. The van der Waals surface area contributed by atoms with E-state index in [1.165, 1.54) is 5.56 Å². The van der Waals surface area contributed by atoms with Gasteiger partial charge in [0.2, 0.25) is 6.10 Å². The third-order valence-electron chi connectivity index (χ3n) is 5.24. The molecule has 5 heteroatoms. The second kappa shape index (κ2) is 8.48. The molecule has 28 heavy (non-hydrogen) atoms. The highest BCUT2D eigenvalue weighted by molar-refractivity contribution is 5.82. The number of fused-ring (bicyclic) bond motifs is 1. The van der Waals surface area contributed by atoms with Crippen LogP contribution in [0.4, 0.5) is 0 Å². The van der Waals surface area contributed by atoms with Gasteiger partial charge >= 0.3 is 0 Å². The molecule has 2 heterocycles. The van der Waals surface area contributed by atoms with Gasteiger partial charge in [0.05, 0.1) is 0 Å². The largest absolute Gasteiger partial charge is 0.482 e. The van der Waals surface area contributed by atoms with Crippen molar-refractivity contribution in [1.82, 2.24) is 9.80 Å². The molecule has 0 bridgehead atoms. The number of carbonyl (C=O) groups is 1. The van der Waals surface area contributed by atoms with Crippen molar-refractivity contribution in [3.05, 3.63) is 66.2 Å².